The first-order valence-electron chi connectivity index (χ1n) is 5.63. The highest BCUT2D eigenvalue weighted by molar-refractivity contribution is 7.91. The Balaban J connectivity index is 2.08. The fourth-order valence-electron chi connectivity index (χ4n) is 2.07. The van der Waals surface area contributed by atoms with Crippen molar-refractivity contribution in [3.63, 3.8) is 0 Å². The van der Waals surface area contributed by atoms with Crippen molar-refractivity contribution in [1.29, 1.82) is 0 Å². The number of nitrogens with one attached hydrogen (secondary N) is 1. The van der Waals surface area contributed by atoms with Gasteiger partial charge in [-0.05, 0) is 31.0 Å². The molecular weight excluding hydrogens is 234 g/mol. The summed E-state index contributed by atoms with van der Waals surface area (Å²) in [5.41, 5.74) is 1.69. The van der Waals surface area contributed by atoms with E-state index in [0.29, 0.717) is 5.75 Å². The topological polar surface area (TPSA) is 46.2 Å². The van der Waals surface area contributed by atoms with Crippen molar-refractivity contribution in [1.82, 2.24) is 0 Å². The molecule has 1 saturated heterocycles. The van der Waals surface area contributed by atoms with Crippen LogP contribution in [0.3, 0.4) is 0 Å². The molecule has 1 aliphatic rings. The lowest BCUT2D eigenvalue weighted by Crippen LogP contribution is -2.34. The maximum absolute atomic E-state index is 11.5. The van der Waals surface area contributed by atoms with Crippen LogP contribution in [0.2, 0.25) is 0 Å². The van der Waals surface area contributed by atoms with Gasteiger partial charge < -0.3 is 5.32 Å². The molecule has 90 valence electrons. The maximum atomic E-state index is 11.5. The largest absolute Gasteiger partial charge is 0.381 e. The first-order chi connectivity index (χ1) is 8.09. The molecule has 4 heteroatoms. The summed E-state index contributed by atoms with van der Waals surface area (Å²) in [6, 6.07) is 7.49. The molecule has 1 heterocycles. The number of rotatable bonds is 2. The summed E-state index contributed by atoms with van der Waals surface area (Å²) >= 11 is 0. The van der Waals surface area contributed by atoms with Crippen LogP contribution in [0.5, 0.6) is 0 Å². The summed E-state index contributed by atoms with van der Waals surface area (Å²) in [7, 11) is -2.87. The Morgan fingerprint density at radius 1 is 1.41 bits per heavy atom. The molecule has 0 aromatic heterocycles. The van der Waals surface area contributed by atoms with Gasteiger partial charge in [0.05, 0.1) is 11.5 Å². The van der Waals surface area contributed by atoms with Gasteiger partial charge in [-0.2, -0.15) is 0 Å². The van der Waals surface area contributed by atoms with Crippen molar-refractivity contribution < 1.29 is 8.42 Å². The zero-order valence-electron chi connectivity index (χ0n) is 9.52. The minimum absolute atomic E-state index is 0.00164. The van der Waals surface area contributed by atoms with Gasteiger partial charge in [0.25, 0.3) is 0 Å². The molecule has 0 amide bonds. The molecule has 1 atom stereocenters. The third kappa shape index (κ3) is 3.24. The van der Waals surface area contributed by atoms with E-state index in [0.717, 1.165) is 24.1 Å². The van der Waals surface area contributed by atoms with E-state index in [2.05, 4.69) is 11.2 Å². The highest BCUT2D eigenvalue weighted by atomic mass is 32.2. The van der Waals surface area contributed by atoms with Gasteiger partial charge in [-0.25, -0.2) is 8.42 Å². The SMILES string of the molecule is C#Cc1cccc(NC2CCCS(=O)(=O)C2)c1. The van der Waals surface area contributed by atoms with E-state index < -0.39 is 9.84 Å². The van der Waals surface area contributed by atoms with Crippen molar-refractivity contribution in [2.45, 2.75) is 18.9 Å². The number of benzene rings is 1. The predicted octanol–water partition coefficient (Wildman–Crippen LogP) is 1.66. The van der Waals surface area contributed by atoms with Crippen molar-refractivity contribution >= 4 is 15.5 Å². The maximum Gasteiger partial charge on any atom is 0.152 e. The monoisotopic (exact) mass is 249 g/mol. The Bertz CT molecular complexity index is 543. The fourth-order valence-corrected chi connectivity index (χ4v) is 3.71. The molecular formula is C13H15NO2S. The predicted molar refractivity (Wildman–Crippen MR) is 69.7 cm³/mol. The molecule has 1 aliphatic heterocycles. The van der Waals surface area contributed by atoms with Gasteiger partial charge in [0, 0.05) is 17.3 Å². The smallest absolute Gasteiger partial charge is 0.152 e. The zero-order chi connectivity index (χ0) is 12.3. The molecule has 0 radical (unpaired) electrons. The lowest BCUT2D eigenvalue weighted by atomic mass is 10.1. The fraction of sp³-hybridized carbons (Fsp3) is 0.385. The summed E-state index contributed by atoms with van der Waals surface area (Å²) in [4.78, 5) is 0. The van der Waals surface area contributed by atoms with Crippen LogP contribution in [0.4, 0.5) is 5.69 Å². The van der Waals surface area contributed by atoms with E-state index in [-0.39, 0.29) is 11.8 Å². The second-order valence-corrected chi connectivity index (χ2v) is 6.55. The third-order valence-corrected chi connectivity index (χ3v) is 4.68. The van der Waals surface area contributed by atoms with Gasteiger partial charge in [0.15, 0.2) is 9.84 Å². The van der Waals surface area contributed by atoms with Gasteiger partial charge >= 0.3 is 0 Å². The molecule has 3 nitrogen and oxygen atoms in total. The average molecular weight is 249 g/mol. The molecule has 1 aromatic carbocycles. The Kier molecular flexibility index (Phi) is 3.39. The molecule has 1 unspecified atom stereocenters. The standard InChI is InChI=1S/C13H15NO2S/c1-2-11-5-3-6-12(9-11)14-13-7-4-8-17(15,16)10-13/h1,3,5-6,9,13-14H,4,7-8,10H2. The van der Waals surface area contributed by atoms with E-state index in [1.54, 1.807) is 0 Å². The van der Waals surface area contributed by atoms with Crippen LogP contribution in [0.1, 0.15) is 18.4 Å². The number of anilines is 1. The van der Waals surface area contributed by atoms with Gasteiger partial charge in [-0.3, -0.25) is 0 Å². The van der Waals surface area contributed by atoms with Crippen LogP contribution in [0.15, 0.2) is 24.3 Å². The Morgan fingerprint density at radius 2 is 2.24 bits per heavy atom. The summed E-state index contributed by atoms with van der Waals surface area (Å²) in [6.45, 7) is 0. The van der Waals surface area contributed by atoms with Crippen molar-refractivity contribution in [3.8, 4) is 12.3 Å². The van der Waals surface area contributed by atoms with Gasteiger partial charge in [0.1, 0.15) is 0 Å². The summed E-state index contributed by atoms with van der Waals surface area (Å²) in [6.07, 6.45) is 6.94. The third-order valence-electron chi connectivity index (χ3n) is 2.86. The van der Waals surface area contributed by atoms with Crippen LogP contribution >= 0.6 is 0 Å². The average Bonchev–Trinajstić information content (AvgIpc) is 2.28. The number of terminal acetylenes is 1. The lowest BCUT2D eigenvalue weighted by molar-refractivity contribution is 0.562. The Morgan fingerprint density at radius 3 is 2.94 bits per heavy atom. The van der Waals surface area contributed by atoms with Crippen LogP contribution in [0, 0.1) is 12.3 Å². The summed E-state index contributed by atoms with van der Waals surface area (Å²) in [5.74, 6) is 3.09. The van der Waals surface area contributed by atoms with Crippen LogP contribution in [-0.2, 0) is 9.84 Å². The lowest BCUT2D eigenvalue weighted by Gasteiger charge is -2.24. The minimum atomic E-state index is -2.87. The molecule has 0 spiro atoms. The quantitative estimate of drug-likeness (QED) is 0.811. The second kappa shape index (κ2) is 4.80. The van der Waals surface area contributed by atoms with Gasteiger partial charge in [0.2, 0.25) is 0 Å². The highest BCUT2D eigenvalue weighted by Crippen LogP contribution is 2.18. The summed E-state index contributed by atoms with van der Waals surface area (Å²) in [5, 5.41) is 3.24. The number of hydrogen-bond donors (Lipinski definition) is 1. The van der Waals surface area contributed by atoms with Crippen molar-refractivity contribution in [2.24, 2.45) is 0 Å². The molecule has 0 saturated carbocycles. The van der Waals surface area contributed by atoms with Gasteiger partial charge in [-0.15, -0.1) is 6.42 Å². The van der Waals surface area contributed by atoms with E-state index in [4.69, 9.17) is 6.42 Å². The normalized spacial score (nSPS) is 22.6. The van der Waals surface area contributed by atoms with Crippen molar-refractivity contribution in [2.75, 3.05) is 16.8 Å². The van der Waals surface area contributed by atoms with Crippen molar-refractivity contribution in [3.05, 3.63) is 29.8 Å². The minimum Gasteiger partial charge on any atom is -0.381 e. The number of hydrogen-bond acceptors (Lipinski definition) is 3. The van der Waals surface area contributed by atoms with E-state index >= 15 is 0 Å². The molecule has 1 fully saturated rings. The van der Waals surface area contributed by atoms with Crippen LogP contribution in [-0.4, -0.2) is 26.0 Å². The Hall–Kier alpha value is -1.47. The first kappa shape index (κ1) is 12.0. The highest BCUT2D eigenvalue weighted by Gasteiger charge is 2.24. The van der Waals surface area contributed by atoms with Crippen LogP contribution < -0.4 is 5.32 Å². The van der Waals surface area contributed by atoms with E-state index in [9.17, 15) is 8.42 Å². The Labute approximate surface area is 102 Å². The molecule has 0 aliphatic carbocycles. The van der Waals surface area contributed by atoms with E-state index in [1.807, 2.05) is 24.3 Å². The van der Waals surface area contributed by atoms with Gasteiger partial charge in [-0.1, -0.05) is 12.0 Å². The summed E-state index contributed by atoms with van der Waals surface area (Å²) < 4.78 is 23.0. The molecule has 0 bridgehead atoms. The van der Waals surface area contributed by atoms with Crippen LogP contribution in [0.25, 0.3) is 0 Å². The molecule has 17 heavy (non-hydrogen) atoms. The second-order valence-electron chi connectivity index (χ2n) is 4.32. The molecule has 1 N–H and O–H groups in total. The first-order valence-corrected chi connectivity index (χ1v) is 7.45. The molecule has 1 aromatic rings. The number of sulfone groups is 1. The zero-order valence-corrected chi connectivity index (χ0v) is 10.3. The molecule has 2 rings (SSSR count). The van der Waals surface area contributed by atoms with E-state index in [1.165, 1.54) is 0 Å².